The molecule has 0 aromatic carbocycles. The molecule has 108 valence electrons. The average molecular weight is 265 g/mol. The molecule has 1 saturated heterocycles. The van der Waals surface area contributed by atoms with E-state index in [2.05, 4.69) is 30.5 Å². The molecule has 0 spiro atoms. The Balaban J connectivity index is 1.89. The minimum atomic E-state index is 0.392. The fourth-order valence-electron chi connectivity index (χ4n) is 3.00. The number of hydrogen-bond donors (Lipinski definition) is 1. The Morgan fingerprint density at radius 1 is 1.58 bits per heavy atom. The van der Waals surface area contributed by atoms with E-state index < -0.39 is 0 Å². The smallest absolute Gasteiger partial charge is 0.0590 e. The fraction of sp³-hybridized carbons (Fsp3) is 0.800. The highest BCUT2D eigenvalue weighted by Gasteiger charge is 2.31. The predicted octanol–water partition coefficient (Wildman–Crippen LogP) is 2.15. The van der Waals surface area contributed by atoms with Crippen LogP contribution in [0, 0.1) is 5.92 Å². The van der Waals surface area contributed by atoms with E-state index in [4.69, 9.17) is 4.74 Å². The zero-order chi connectivity index (χ0) is 13.7. The van der Waals surface area contributed by atoms with E-state index in [1.165, 1.54) is 24.8 Å². The van der Waals surface area contributed by atoms with Crippen molar-refractivity contribution < 1.29 is 4.74 Å². The van der Waals surface area contributed by atoms with Crippen molar-refractivity contribution in [1.82, 2.24) is 15.1 Å². The number of rotatable bonds is 7. The molecule has 0 radical (unpaired) electrons. The maximum atomic E-state index is 5.73. The molecule has 4 heteroatoms. The number of aromatic nitrogens is 2. The Hall–Kier alpha value is -0.870. The average Bonchev–Trinajstić information content (AvgIpc) is 2.99. The van der Waals surface area contributed by atoms with Gasteiger partial charge in [0.15, 0.2) is 0 Å². The van der Waals surface area contributed by atoms with Gasteiger partial charge in [-0.25, -0.2) is 0 Å². The molecule has 1 aliphatic heterocycles. The van der Waals surface area contributed by atoms with Gasteiger partial charge in [0.25, 0.3) is 0 Å². The standard InChI is InChI=1S/C15H27N3O/c1-4-8-16-15(14-7-9-19-12(14)2)6-5-13-10-17-18(3)11-13/h10-12,14-16H,4-9H2,1-3H3. The van der Waals surface area contributed by atoms with Gasteiger partial charge >= 0.3 is 0 Å². The Bertz CT molecular complexity index is 377. The molecule has 4 nitrogen and oxygen atoms in total. The van der Waals surface area contributed by atoms with Gasteiger partial charge < -0.3 is 10.1 Å². The van der Waals surface area contributed by atoms with Gasteiger partial charge in [0, 0.05) is 31.8 Å². The first kappa shape index (κ1) is 14.5. The van der Waals surface area contributed by atoms with E-state index in [1.54, 1.807) is 0 Å². The predicted molar refractivity (Wildman–Crippen MR) is 77.1 cm³/mol. The van der Waals surface area contributed by atoms with Crippen LogP contribution >= 0.6 is 0 Å². The van der Waals surface area contributed by atoms with Crippen LogP contribution in [0.25, 0.3) is 0 Å². The summed E-state index contributed by atoms with van der Waals surface area (Å²) in [4.78, 5) is 0. The third-order valence-electron chi connectivity index (χ3n) is 4.11. The first-order chi connectivity index (χ1) is 9.20. The van der Waals surface area contributed by atoms with Gasteiger partial charge in [-0.2, -0.15) is 5.10 Å². The van der Waals surface area contributed by atoms with Gasteiger partial charge in [-0.05, 0) is 44.7 Å². The van der Waals surface area contributed by atoms with Gasteiger partial charge in [0.2, 0.25) is 0 Å². The third kappa shape index (κ3) is 4.05. The second-order valence-electron chi connectivity index (χ2n) is 5.65. The summed E-state index contributed by atoms with van der Waals surface area (Å²) < 4.78 is 7.61. The monoisotopic (exact) mass is 265 g/mol. The lowest BCUT2D eigenvalue weighted by Gasteiger charge is -2.27. The first-order valence-corrected chi connectivity index (χ1v) is 7.53. The summed E-state index contributed by atoms with van der Waals surface area (Å²) in [6.45, 7) is 6.45. The SMILES string of the molecule is CCCNC(CCc1cnn(C)c1)C1CCOC1C. The largest absolute Gasteiger partial charge is 0.378 e. The van der Waals surface area contributed by atoms with Crippen molar-refractivity contribution in [2.75, 3.05) is 13.2 Å². The second kappa shape index (κ2) is 7.06. The van der Waals surface area contributed by atoms with Crippen LogP contribution < -0.4 is 5.32 Å². The van der Waals surface area contributed by atoms with Gasteiger partial charge in [-0.3, -0.25) is 4.68 Å². The Labute approximate surface area is 116 Å². The van der Waals surface area contributed by atoms with Gasteiger partial charge in [-0.1, -0.05) is 6.92 Å². The minimum absolute atomic E-state index is 0.392. The Morgan fingerprint density at radius 2 is 2.42 bits per heavy atom. The molecule has 2 rings (SSSR count). The van der Waals surface area contributed by atoms with Crippen molar-refractivity contribution in [1.29, 1.82) is 0 Å². The summed E-state index contributed by atoms with van der Waals surface area (Å²) in [6, 6.07) is 0.567. The molecule has 19 heavy (non-hydrogen) atoms. The van der Waals surface area contributed by atoms with E-state index in [9.17, 15) is 0 Å². The summed E-state index contributed by atoms with van der Waals surface area (Å²) in [5, 5.41) is 7.95. The quantitative estimate of drug-likeness (QED) is 0.821. The highest BCUT2D eigenvalue weighted by molar-refractivity contribution is 5.04. The van der Waals surface area contributed by atoms with Crippen LogP contribution in [0.5, 0.6) is 0 Å². The first-order valence-electron chi connectivity index (χ1n) is 7.53. The van der Waals surface area contributed by atoms with Crippen molar-refractivity contribution in [3.63, 3.8) is 0 Å². The summed E-state index contributed by atoms with van der Waals surface area (Å²) in [5.74, 6) is 0.656. The Morgan fingerprint density at radius 3 is 3.00 bits per heavy atom. The molecule has 2 heterocycles. The van der Waals surface area contributed by atoms with Gasteiger partial charge in [0.1, 0.15) is 0 Å². The molecule has 0 saturated carbocycles. The maximum absolute atomic E-state index is 5.73. The van der Waals surface area contributed by atoms with Crippen LogP contribution in [0.2, 0.25) is 0 Å². The van der Waals surface area contributed by atoms with Crippen LogP contribution in [-0.4, -0.2) is 35.1 Å². The third-order valence-corrected chi connectivity index (χ3v) is 4.11. The zero-order valence-electron chi connectivity index (χ0n) is 12.4. The second-order valence-corrected chi connectivity index (χ2v) is 5.65. The normalized spacial score (nSPS) is 24.8. The number of ether oxygens (including phenoxy) is 1. The molecule has 0 bridgehead atoms. The molecular weight excluding hydrogens is 238 g/mol. The molecule has 3 unspecified atom stereocenters. The molecular formula is C15H27N3O. The molecule has 3 atom stereocenters. The van der Waals surface area contributed by atoms with Crippen LogP contribution in [0.3, 0.4) is 0 Å². The van der Waals surface area contributed by atoms with Crippen LogP contribution in [0.1, 0.15) is 38.7 Å². The summed E-state index contributed by atoms with van der Waals surface area (Å²) in [7, 11) is 1.98. The molecule has 1 aliphatic rings. The van der Waals surface area contributed by atoms with E-state index in [1.807, 2.05) is 17.9 Å². The Kier molecular flexibility index (Phi) is 5.40. The molecule has 1 aromatic heterocycles. The van der Waals surface area contributed by atoms with Gasteiger partial charge in [0.05, 0.1) is 12.3 Å². The van der Waals surface area contributed by atoms with Crippen molar-refractivity contribution in [2.45, 2.75) is 51.7 Å². The number of aryl methyl sites for hydroxylation is 2. The van der Waals surface area contributed by atoms with E-state index in [-0.39, 0.29) is 0 Å². The molecule has 1 aromatic rings. The molecule has 1 fully saturated rings. The summed E-state index contributed by atoms with van der Waals surface area (Å²) in [5.41, 5.74) is 1.33. The molecule has 0 amide bonds. The summed E-state index contributed by atoms with van der Waals surface area (Å²) in [6.07, 6.45) is 9.13. The van der Waals surface area contributed by atoms with Crippen molar-refractivity contribution >= 4 is 0 Å². The van der Waals surface area contributed by atoms with Crippen molar-refractivity contribution in [3.8, 4) is 0 Å². The van der Waals surface area contributed by atoms with Gasteiger partial charge in [-0.15, -0.1) is 0 Å². The highest BCUT2D eigenvalue weighted by atomic mass is 16.5. The van der Waals surface area contributed by atoms with E-state index >= 15 is 0 Å². The highest BCUT2D eigenvalue weighted by Crippen LogP contribution is 2.26. The number of nitrogens with one attached hydrogen (secondary N) is 1. The van der Waals surface area contributed by atoms with E-state index in [0.29, 0.717) is 18.1 Å². The van der Waals surface area contributed by atoms with Crippen LogP contribution in [-0.2, 0) is 18.2 Å². The summed E-state index contributed by atoms with van der Waals surface area (Å²) >= 11 is 0. The van der Waals surface area contributed by atoms with Crippen LogP contribution in [0.4, 0.5) is 0 Å². The number of hydrogen-bond acceptors (Lipinski definition) is 3. The van der Waals surface area contributed by atoms with Crippen molar-refractivity contribution in [2.24, 2.45) is 13.0 Å². The number of nitrogens with zero attached hydrogens (tertiary/aromatic N) is 2. The van der Waals surface area contributed by atoms with E-state index in [0.717, 1.165) is 19.6 Å². The molecule has 1 N–H and O–H groups in total. The lowest BCUT2D eigenvalue weighted by Crippen LogP contribution is -2.40. The topological polar surface area (TPSA) is 39.1 Å². The lowest BCUT2D eigenvalue weighted by atomic mass is 9.89. The minimum Gasteiger partial charge on any atom is -0.378 e. The maximum Gasteiger partial charge on any atom is 0.0590 e. The van der Waals surface area contributed by atoms with Crippen LogP contribution in [0.15, 0.2) is 12.4 Å². The van der Waals surface area contributed by atoms with Crippen molar-refractivity contribution in [3.05, 3.63) is 18.0 Å². The fourth-order valence-corrected chi connectivity index (χ4v) is 3.00. The lowest BCUT2D eigenvalue weighted by molar-refractivity contribution is 0.0943. The molecule has 0 aliphatic carbocycles. The zero-order valence-corrected chi connectivity index (χ0v) is 12.4.